The lowest BCUT2D eigenvalue weighted by atomic mass is 9.97. The van der Waals surface area contributed by atoms with Crippen LogP contribution in [0.2, 0.25) is 0 Å². The SMILES string of the molecule is CC1CCNCC1OCc1ccco1. The maximum absolute atomic E-state index is 5.78. The minimum Gasteiger partial charge on any atom is -0.467 e. The van der Waals surface area contributed by atoms with E-state index >= 15 is 0 Å². The molecule has 1 N–H and O–H groups in total. The number of rotatable bonds is 3. The van der Waals surface area contributed by atoms with E-state index in [1.807, 2.05) is 12.1 Å². The Balaban J connectivity index is 1.79. The highest BCUT2D eigenvalue weighted by Crippen LogP contribution is 2.16. The third kappa shape index (κ3) is 2.36. The van der Waals surface area contributed by atoms with Crippen LogP contribution < -0.4 is 5.32 Å². The van der Waals surface area contributed by atoms with Crippen LogP contribution in [-0.4, -0.2) is 19.2 Å². The third-order valence-corrected chi connectivity index (χ3v) is 2.78. The number of hydrogen-bond acceptors (Lipinski definition) is 3. The summed E-state index contributed by atoms with van der Waals surface area (Å²) in [5.41, 5.74) is 0. The standard InChI is InChI=1S/C11H17NO2/c1-9-4-5-12-7-11(9)14-8-10-3-2-6-13-10/h2-3,6,9,11-12H,4-5,7-8H2,1H3. The summed E-state index contributed by atoms with van der Waals surface area (Å²) >= 11 is 0. The fraction of sp³-hybridized carbons (Fsp3) is 0.636. The van der Waals surface area contributed by atoms with Gasteiger partial charge in [0, 0.05) is 6.54 Å². The van der Waals surface area contributed by atoms with Crippen molar-refractivity contribution in [3.05, 3.63) is 24.2 Å². The van der Waals surface area contributed by atoms with Gasteiger partial charge in [-0.05, 0) is 31.0 Å². The molecule has 2 heterocycles. The van der Waals surface area contributed by atoms with Crippen molar-refractivity contribution in [2.24, 2.45) is 5.92 Å². The van der Waals surface area contributed by atoms with Gasteiger partial charge in [-0.2, -0.15) is 0 Å². The Kier molecular flexibility index (Phi) is 3.22. The van der Waals surface area contributed by atoms with Crippen LogP contribution in [0.3, 0.4) is 0 Å². The second-order valence-electron chi connectivity index (χ2n) is 3.90. The van der Waals surface area contributed by atoms with Crippen molar-refractivity contribution in [2.45, 2.75) is 26.1 Å². The Morgan fingerprint density at radius 2 is 2.57 bits per heavy atom. The molecule has 1 aromatic rings. The molecule has 14 heavy (non-hydrogen) atoms. The van der Waals surface area contributed by atoms with E-state index in [0.717, 1.165) is 18.8 Å². The average Bonchev–Trinajstić information content (AvgIpc) is 2.69. The van der Waals surface area contributed by atoms with Crippen LogP contribution in [0.15, 0.2) is 22.8 Å². The zero-order chi connectivity index (χ0) is 9.80. The van der Waals surface area contributed by atoms with Gasteiger partial charge in [0.15, 0.2) is 0 Å². The molecule has 1 aliphatic rings. The summed E-state index contributed by atoms with van der Waals surface area (Å²) in [6, 6.07) is 3.84. The van der Waals surface area contributed by atoms with E-state index in [1.165, 1.54) is 6.42 Å². The Morgan fingerprint density at radius 3 is 3.29 bits per heavy atom. The Hall–Kier alpha value is -0.800. The summed E-state index contributed by atoms with van der Waals surface area (Å²) in [5, 5.41) is 3.34. The molecule has 2 rings (SSSR count). The molecule has 2 atom stereocenters. The zero-order valence-electron chi connectivity index (χ0n) is 8.53. The molecule has 3 heteroatoms. The summed E-state index contributed by atoms with van der Waals surface area (Å²) in [7, 11) is 0. The normalized spacial score (nSPS) is 27.8. The molecule has 0 aromatic carbocycles. The molecule has 3 nitrogen and oxygen atoms in total. The van der Waals surface area contributed by atoms with Crippen LogP contribution in [0.1, 0.15) is 19.1 Å². The number of nitrogens with one attached hydrogen (secondary N) is 1. The first-order valence-electron chi connectivity index (χ1n) is 5.21. The highest BCUT2D eigenvalue weighted by atomic mass is 16.5. The second kappa shape index (κ2) is 4.62. The minimum atomic E-state index is 0.328. The molecule has 2 unspecified atom stereocenters. The zero-order valence-corrected chi connectivity index (χ0v) is 8.53. The van der Waals surface area contributed by atoms with E-state index in [1.54, 1.807) is 6.26 Å². The monoisotopic (exact) mass is 195 g/mol. The van der Waals surface area contributed by atoms with Gasteiger partial charge in [0.05, 0.1) is 12.4 Å². The lowest BCUT2D eigenvalue weighted by Crippen LogP contribution is -2.40. The Labute approximate surface area is 84.4 Å². The predicted molar refractivity (Wildman–Crippen MR) is 53.9 cm³/mol. The predicted octanol–water partition coefficient (Wildman–Crippen LogP) is 1.79. The maximum Gasteiger partial charge on any atom is 0.129 e. The molecule has 0 radical (unpaired) electrons. The van der Waals surface area contributed by atoms with Gasteiger partial charge in [-0.15, -0.1) is 0 Å². The highest BCUT2D eigenvalue weighted by Gasteiger charge is 2.21. The van der Waals surface area contributed by atoms with E-state index < -0.39 is 0 Å². The molecule has 78 valence electrons. The van der Waals surface area contributed by atoms with Gasteiger partial charge in [-0.3, -0.25) is 0 Å². The fourth-order valence-electron chi connectivity index (χ4n) is 1.77. The highest BCUT2D eigenvalue weighted by molar-refractivity contribution is 4.96. The van der Waals surface area contributed by atoms with Crippen molar-refractivity contribution in [3.63, 3.8) is 0 Å². The molecule has 0 spiro atoms. The summed E-state index contributed by atoms with van der Waals surface area (Å²) in [5.74, 6) is 1.55. The summed E-state index contributed by atoms with van der Waals surface area (Å²) in [4.78, 5) is 0. The first-order valence-corrected chi connectivity index (χ1v) is 5.21. The van der Waals surface area contributed by atoms with E-state index in [-0.39, 0.29) is 0 Å². The molecular weight excluding hydrogens is 178 g/mol. The van der Waals surface area contributed by atoms with Gasteiger partial charge >= 0.3 is 0 Å². The maximum atomic E-state index is 5.78. The van der Waals surface area contributed by atoms with Gasteiger partial charge in [0.2, 0.25) is 0 Å². The smallest absolute Gasteiger partial charge is 0.129 e. The number of hydrogen-bond donors (Lipinski definition) is 1. The number of ether oxygens (including phenoxy) is 1. The van der Waals surface area contributed by atoms with Gasteiger partial charge in [-0.25, -0.2) is 0 Å². The fourth-order valence-corrected chi connectivity index (χ4v) is 1.77. The molecule has 1 aliphatic heterocycles. The average molecular weight is 195 g/mol. The molecule has 0 bridgehead atoms. The van der Waals surface area contributed by atoms with Crippen molar-refractivity contribution in [2.75, 3.05) is 13.1 Å². The van der Waals surface area contributed by atoms with Gasteiger partial charge in [0.1, 0.15) is 12.4 Å². The molecule has 1 saturated heterocycles. The Bertz CT molecular complexity index is 258. The van der Waals surface area contributed by atoms with Crippen molar-refractivity contribution in [1.82, 2.24) is 5.32 Å². The van der Waals surface area contributed by atoms with Crippen molar-refractivity contribution in [3.8, 4) is 0 Å². The van der Waals surface area contributed by atoms with Crippen LogP contribution in [0.25, 0.3) is 0 Å². The van der Waals surface area contributed by atoms with Gasteiger partial charge in [-0.1, -0.05) is 6.92 Å². The molecule has 1 fully saturated rings. The molecular formula is C11H17NO2. The molecule has 0 amide bonds. The van der Waals surface area contributed by atoms with Crippen molar-refractivity contribution < 1.29 is 9.15 Å². The van der Waals surface area contributed by atoms with Crippen LogP contribution in [0.5, 0.6) is 0 Å². The lowest BCUT2D eigenvalue weighted by Gasteiger charge is -2.29. The van der Waals surface area contributed by atoms with Gasteiger partial charge in [0.25, 0.3) is 0 Å². The van der Waals surface area contributed by atoms with E-state index in [9.17, 15) is 0 Å². The van der Waals surface area contributed by atoms with Crippen LogP contribution in [-0.2, 0) is 11.3 Å². The lowest BCUT2D eigenvalue weighted by molar-refractivity contribution is -0.0134. The van der Waals surface area contributed by atoms with Gasteiger partial charge < -0.3 is 14.5 Å². The van der Waals surface area contributed by atoms with Crippen LogP contribution in [0.4, 0.5) is 0 Å². The summed E-state index contributed by atoms with van der Waals surface area (Å²) in [6.45, 7) is 4.90. The minimum absolute atomic E-state index is 0.328. The topological polar surface area (TPSA) is 34.4 Å². The van der Waals surface area contributed by atoms with E-state index in [4.69, 9.17) is 9.15 Å². The van der Waals surface area contributed by atoms with Crippen LogP contribution in [0, 0.1) is 5.92 Å². The quantitative estimate of drug-likeness (QED) is 0.798. The largest absolute Gasteiger partial charge is 0.467 e. The third-order valence-electron chi connectivity index (χ3n) is 2.78. The summed E-state index contributed by atoms with van der Waals surface area (Å²) in [6.07, 6.45) is 3.21. The second-order valence-corrected chi connectivity index (χ2v) is 3.90. The first kappa shape index (κ1) is 9.74. The Morgan fingerprint density at radius 1 is 1.64 bits per heavy atom. The van der Waals surface area contributed by atoms with E-state index in [2.05, 4.69) is 12.2 Å². The van der Waals surface area contributed by atoms with Crippen molar-refractivity contribution in [1.29, 1.82) is 0 Å². The van der Waals surface area contributed by atoms with E-state index in [0.29, 0.717) is 18.6 Å². The number of furan rings is 1. The molecule has 0 aliphatic carbocycles. The van der Waals surface area contributed by atoms with Crippen LogP contribution >= 0.6 is 0 Å². The first-order chi connectivity index (χ1) is 6.86. The molecule has 0 saturated carbocycles. The number of piperidine rings is 1. The van der Waals surface area contributed by atoms with Crippen molar-refractivity contribution >= 4 is 0 Å². The molecule has 1 aromatic heterocycles. The summed E-state index contributed by atoms with van der Waals surface area (Å²) < 4.78 is 11.0.